The van der Waals surface area contributed by atoms with Crippen molar-refractivity contribution in [2.75, 3.05) is 33.8 Å². The summed E-state index contributed by atoms with van der Waals surface area (Å²) >= 11 is 0. The van der Waals surface area contributed by atoms with E-state index in [1.807, 2.05) is 21.0 Å². The first-order valence-electron chi connectivity index (χ1n) is 10.6. The number of benzene rings is 1. The lowest BCUT2D eigenvalue weighted by molar-refractivity contribution is -0.858. The van der Waals surface area contributed by atoms with Gasteiger partial charge in [-0.3, -0.25) is 14.6 Å². The molecular weight excluding hydrogens is 394 g/mol. The van der Waals surface area contributed by atoms with Crippen molar-refractivity contribution < 1.29 is 24.3 Å². The van der Waals surface area contributed by atoms with Crippen molar-refractivity contribution in [1.29, 1.82) is 0 Å². The van der Waals surface area contributed by atoms with E-state index in [9.17, 15) is 14.7 Å². The molecule has 0 saturated carbocycles. The van der Waals surface area contributed by atoms with Crippen LogP contribution in [0.25, 0.3) is 5.76 Å². The average molecular weight is 424 g/mol. The lowest BCUT2D eigenvalue weighted by atomic mass is 9.96. The molecule has 1 aromatic carbocycles. The molecule has 1 atom stereocenters. The number of aromatic nitrogens is 1. The fourth-order valence-corrected chi connectivity index (χ4v) is 3.67. The summed E-state index contributed by atoms with van der Waals surface area (Å²) < 4.78 is 5.57. The third kappa shape index (κ3) is 5.11. The van der Waals surface area contributed by atoms with E-state index in [0.717, 1.165) is 19.4 Å². The van der Waals surface area contributed by atoms with Crippen molar-refractivity contribution in [1.82, 2.24) is 9.88 Å². The first kappa shape index (κ1) is 22.5. The van der Waals surface area contributed by atoms with Gasteiger partial charge < -0.3 is 19.6 Å². The Morgan fingerprint density at radius 3 is 2.42 bits per heavy atom. The van der Waals surface area contributed by atoms with Gasteiger partial charge in [-0.2, -0.15) is 0 Å². The van der Waals surface area contributed by atoms with E-state index in [0.29, 0.717) is 30.0 Å². The largest absolute Gasteiger partial charge is 0.872 e. The van der Waals surface area contributed by atoms with Crippen LogP contribution in [0.2, 0.25) is 0 Å². The zero-order valence-corrected chi connectivity index (χ0v) is 18.3. The Bertz CT molecular complexity index is 939. The number of quaternary nitrogens is 1. The van der Waals surface area contributed by atoms with Gasteiger partial charge in [-0.05, 0) is 41.8 Å². The summed E-state index contributed by atoms with van der Waals surface area (Å²) in [6, 6.07) is 9.49. The Kier molecular flexibility index (Phi) is 7.41. The molecule has 7 nitrogen and oxygen atoms in total. The Morgan fingerprint density at radius 2 is 1.81 bits per heavy atom. The van der Waals surface area contributed by atoms with Gasteiger partial charge in [0.1, 0.15) is 5.75 Å². The molecule has 0 spiro atoms. The number of Topliss-reactive ketones (excluding diaryl/α,β-unsaturated/α-hetero) is 1. The molecule has 2 aromatic rings. The molecule has 7 heteroatoms. The van der Waals surface area contributed by atoms with Crippen LogP contribution in [0.15, 0.2) is 54.4 Å². The summed E-state index contributed by atoms with van der Waals surface area (Å²) in [4.78, 5) is 32.6. The molecule has 0 radical (unpaired) electrons. The number of carbonyl (C=O) groups excluding carboxylic acids is 2. The van der Waals surface area contributed by atoms with Crippen LogP contribution in [0, 0.1) is 0 Å². The SMILES string of the molecule is CCCOc1ccc(/C([O-])=C2\C(=O)C(=O)N(CCC[NH+](C)C)C2c2ccncc2)cc1. The highest BCUT2D eigenvalue weighted by atomic mass is 16.5. The molecule has 1 unspecified atom stereocenters. The highest BCUT2D eigenvalue weighted by Crippen LogP contribution is 2.38. The van der Waals surface area contributed by atoms with Crippen LogP contribution < -0.4 is 14.7 Å². The number of nitrogens with one attached hydrogen (secondary N) is 1. The fourth-order valence-electron chi connectivity index (χ4n) is 3.67. The van der Waals surface area contributed by atoms with Gasteiger partial charge >= 0.3 is 0 Å². The van der Waals surface area contributed by atoms with Crippen LogP contribution in [-0.2, 0) is 9.59 Å². The van der Waals surface area contributed by atoms with Gasteiger partial charge in [0, 0.05) is 30.9 Å². The monoisotopic (exact) mass is 423 g/mol. The number of pyridine rings is 1. The number of hydrogen-bond donors (Lipinski definition) is 1. The molecular formula is C24H29N3O4. The summed E-state index contributed by atoms with van der Waals surface area (Å²) in [5.74, 6) is -1.12. The predicted octanol–water partition coefficient (Wildman–Crippen LogP) is 0.629. The minimum atomic E-state index is -0.727. The van der Waals surface area contributed by atoms with Gasteiger partial charge in [0.25, 0.3) is 5.91 Å². The van der Waals surface area contributed by atoms with Crippen molar-refractivity contribution in [2.24, 2.45) is 0 Å². The normalized spacial score (nSPS) is 18.1. The molecule has 31 heavy (non-hydrogen) atoms. The Balaban J connectivity index is 1.99. The molecule has 0 aliphatic carbocycles. The van der Waals surface area contributed by atoms with Gasteiger partial charge in [0.2, 0.25) is 5.78 Å². The maximum absolute atomic E-state index is 13.3. The van der Waals surface area contributed by atoms with Crippen molar-refractivity contribution in [3.8, 4) is 5.75 Å². The third-order valence-corrected chi connectivity index (χ3v) is 5.22. The molecule has 3 rings (SSSR count). The summed E-state index contributed by atoms with van der Waals surface area (Å²) in [6.07, 6.45) is 4.82. The van der Waals surface area contributed by atoms with Crippen molar-refractivity contribution in [3.05, 3.63) is 65.5 Å². The third-order valence-electron chi connectivity index (χ3n) is 5.22. The van der Waals surface area contributed by atoms with Crippen LogP contribution in [0.1, 0.15) is 36.9 Å². The van der Waals surface area contributed by atoms with Gasteiger partial charge in [0.15, 0.2) is 0 Å². The number of amides is 1. The van der Waals surface area contributed by atoms with E-state index in [4.69, 9.17) is 4.74 Å². The molecule has 1 N–H and O–H groups in total. The summed E-state index contributed by atoms with van der Waals surface area (Å²) in [6.45, 7) is 3.86. The highest BCUT2D eigenvalue weighted by Gasteiger charge is 2.43. The second-order valence-electron chi connectivity index (χ2n) is 7.94. The highest BCUT2D eigenvalue weighted by molar-refractivity contribution is 6.46. The molecule has 1 aliphatic heterocycles. The number of ketones is 1. The minimum Gasteiger partial charge on any atom is -0.872 e. The number of hydrogen-bond acceptors (Lipinski definition) is 5. The first-order chi connectivity index (χ1) is 14.9. The van der Waals surface area contributed by atoms with E-state index in [2.05, 4.69) is 4.98 Å². The van der Waals surface area contributed by atoms with E-state index in [-0.39, 0.29) is 5.57 Å². The molecule has 1 aliphatic rings. The minimum absolute atomic E-state index is 0.00405. The molecule has 164 valence electrons. The topological polar surface area (TPSA) is 87.0 Å². The van der Waals surface area contributed by atoms with E-state index >= 15 is 0 Å². The summed E-state index contributed by atoms with van der Waals surface area (Å²) in [5.41, 5.74) is 1.06. The average Bonchev–Trinajstić information content (AvgIpc) is 3.03. The molecule has 1 saturated heterocycles. The number of rotatable bonds is 9. The molecule has 1 amide bonds. The van der Waals surface area contributed by atoms with E-state index in [1.54, 1.807) is 48.8 Å². The van der Waals surface area contributed by atoms with Gasteiger partial charge in [-0.15, -0.1) is 0 Å². The Morgan fingerprint density at radius 1 is 1.13 bits per heavy atom. The van der Waals surface area contributed by atoms with Crippen LogP contribution in [0.5, 0.6) is 5.75 Å². The standard InChI is InChI=1S/C24H29N3O4/c1-4-16-31-19-8-6-18(7-9-19)22(28)20-21(17-10-12-25-13-11-17)27(24(30)23(20)29)15-5-14-26(2)3/h6-13,21,28H,4-5,14-16H2,1-3H3/b22-20+. The summed E-state index contributed by atoms with van der Waals surface area (Å²) in [7, 11) is 4.07. The second-order valence-corrected chi connectivity index (χ2v) is 7.94. The van der Waals surface area contributed by atoms with Crippen LogP contribution in [-0.4, -0.2) is 55.4 Å². The molecule has 1 fully saturated rings. The zero-order chi connectivity index (χ0) is 22.4. The number of ether oxygens (including phenoxy) is 1. The van der Waals surface area contributed by atoms with Crippen molar-refractivity contribution in [2.45, 2.75) is 25.8 Å². The van der Waals surface area contributed by atoms with Gasteiger partial charge in [-0.1, -0.05) is 24.8 Å². The number of likely N-dealkylation sites (tertiary alicyclic amines) is 1. The lowest BCUT2D eigenvalue weighted by Gasteiger charge is -2.27. The predicted molar refractivity (Wildman–Crippen MR) is 115 cm³/mol. The first-order valence-corrected chi connectivity index (χ1v) is 10.6. The van der Waals surface area contributed by atoms with E-state index in [1.165, 1.54) is 9.80 Å². The molecule has 2 heterocycles. The maximum Gasteiger partial charge on any atom is 0.295 e. The smallest absolute Gasteiger partial charge is 0.295 e. The number of carbonyl (C=O) groups is 2. The van der Waals surface area contributed by atoms with Gasteiger partial charge in [0.05, 0.1) is 33.3 Å². The quantitative estimate of drug-likeness (QED) is 0.363. The maximum atomic E-state index is 13.3. The van der Waals surface area contributed by atoms with E-state index < -0.39 is 23.5 Å². The molecule has 1 aromatic heterocycles. The molecule has 0 bridgehead atoms. The number of nitrogens with zero attached hydrogens (tertiary/aromatic N) is 2. The van der Waals surface area contributed by atoms with Crippen molar-refractivity contribution >= 4 is 17.4 Å². The zero-order valence-electron chi connectivity index (χ0n) is 18.3. The van der Waals surface area contributed by atoms with Gasteiger partial charge in [-0.25, -0.2) is 0 Å². The Labute approximate surface area is 183 Å². The lowest BCUT2D eigenvalue weighted by Crippen LogP contribution is -3.05. The van der Waals surface area contributed by atoms with Crippen molar-refractivity contribution in [3.63, 3.8) is 0 Å². The summed E-state index contributed by atoms with van der Waals surface area (Å²) in [5, 5.41) is 13.3. The van der Waals surface area contributed by atoms with Crippen LogP contribution in [0.4, 0.5) is 0 Å². The fraction of sp³-hybridized carbons (Fsp3) is 0.375. The Hall–Kier alpha value is -3.19. The van der Waals surface area contributed by atoms with Crippen LogP contribution >= 0.6 is 0 Å². The van der Waals surface area contributed by atoms with Crippen LogP contribution in [0.3, 0.4) is 0 Å². The second kappa shape index (κ2) is 10.2.